The summed E-state index contributed by atoms with van der Waals surface area (Å²) < 4.78 is 5.33. The number of nitrogens with one attached hydrogen (secondary N) is 1. The highest BCUT2D eigenvalue weighted by atomic mass is 16.5. The van der Waals surface area contributed by atoms with E-state index in [0.29, 0.717) is 29.5 Å². The first-order valence-corrected chi connectivity index (χ1v) is 7.71. The number of hydrogen-bond acceptors (Lipinski definition) is 4. The Bertz CT molecular complexity index is 625. The lowest BCUT2D eigenvalue weighted by Crippen LogP contribution is -2.35. The summed E-state index contributed by atoms with van der Waals surface area (Å²) in [5, 5.41) is 2.79. The van der Waals surface area contributed by atoms with Crippen LogP contribution in [0.2, 0.25) is 0 Å². The molecule has 6 heteroatoms. The molecule has 0 aromatic heterocycles. The molecule has 0 unspecified atom stereocenters. The van der Waals surface area contributed by atoms with E-state index < -0.39 is 0 Å². The molecule has 0 atom stereocenters. The molecule has 0 aliphatic carbocycles. The number of rotatable bonds is 6. The summed E-state index contributed by atoms with van der Waals surface area (Å²) in [6.07, 6.45) is 0.301. The van der Waals surface area contributed by atoms with Crippen LogP contribution in [0.4, 0.5) is 5.69 Å². The van der Waals surface area contributed by atoms with E-state index in [9.17, 15) is 14.4 Å². The Morgan fingerprint density at radius 3 is 2.74 bits per heavy atom. The lowest BCUT2D eigenvalue weighted by atomic mass is 10.0. The van der Waals surface area contributed by atoms with Gasteiger partial charge in [0.1, 0.15) is 5.75 Å². The molecule has 1 aromatic carbocycles. The van der Waals surface area contributed by atoms with Crippen molar-refractivity contribution in [1.82, 2.24) is 5.32 Å². The fourth-order valence-corrected chi connectivity index (χ4v) is 2.22. The maximum absolute atomic E-state index is 12.2. The Balaban J connectivity index is 1.98. The smallest absolute Gasteiger partial charge is 0.264 e. The van der Waals surface area contributed by atoms with Gasteiger partial charge < -0.3 is 15.0 Å². The van der Waals surface area contributed by atoms with Crippen LogP contribution in [-0.2, 0) is 9.59 Å². The maximum Gasteiger partial charge on any atom is 0.264 e. The topological polar surface area (TPSA) is 75.7 Å². The van der Waals surface area contributed by atoms with Crippen LogP contribution in [0.15, 0.2) is 18.2 Å². The molecule has 1 aromatic rings. The standard InChI is InChI=1S/C17H22N2O4/c1-11(2)9-18-16(21)7-5-14(20)12-4-6-15-13(8-12)19(3)17(22)10-23-15/h4,6,8,11H,5,7,9-10H2,1-3H3,(H,18,21). The van der Waals surface area contributed by atoms with E-state index in [2.05, 4.69) is 5.32 Å². The Kier molecular flexibility index (Phi) is 5.36. The SMILES string of the molecule is CC(C)CNC(=O)CCC(=O)c1ccc2c(c1)N(C)C(=O)CO2. The van der Waals surface area contributed by atoms with Gasteiger partial charge in [0.05, 0.1) is 5.69 Å². The van der Waals surface area contributed by atoms with Crippen molar-refractivity contribution in [2.75, 3.05) is 25.1 Å². The molecule has 6 nitrogen and oxygen atoms in total. The van der Waals surface area contributed by atoms with Crippen molar-refractivity contribution in [2.24, 2.45) is 5.92 Å². The number of hydrogen-bond donors (Lipinski definition) is 1. The predicted octanol–water partition coefficient (Wildman–Crippen LogP) is 1.78. The predicted molar refractivity (Wildman–Crippen MR) is 86.8 cm³/mol. The van der Waals surface area contributed by atoms with Crippen molar-refractivity contribution in [3.8, 4) is 5.75 Å². The highest BCUT2D eigenvalue weighted by Gasteiger charge is 2.23. The molecule has 2 amide bonds. The molecule has 23 heavy (non-hydrogen) atoms. The number of anilines is 1. The van der Waals surface area contributed by atoms with Crippen molar-refractivity contribution < 1.29 is 19.1 Å². The van der Waals surface area contributed by atoms with Gasteiger partial charge in [-0.1, -0.05) is 13.8 Å². The number of carbonyl (C=O) groups excluding carboxylic acids is 3. The van der Waals surface area contributed by atoms with Crippen LogP contribution in [0.3, 0.4) is 0 Å². The summed E-state index contributed by atoms with van der Waals surface area (Å²) >= 11 is 0. The number of carbonyl (C=O) groups is 3. The second-order valence-electron chi connectivity index (χ2n) is 6.05. The summed E-state index contributed by atoms with van der Waals surface area (Å²) in [5.41, 5.74) is 1.06. The summed E-state index contributed by atoms with van der Waals surface area (Å²) in [4.78, 5) is 37.0. The Morgan fingerprint density at radius 1 is 1.30 bits per heavy atom. The molecule has 0 saturated carbocycles. The average Bonchev–Trinajstić information content (AvgIpc) is 2.53. The van der Waals surface area contributed by atoms with Crippen molar-refractivity contribution >= 4 is 23.3 Å². The average molecular weight is 318 g/mol. The highest BCUT2D eigenvalue weighted by molar-refractivity contribution is 6.02. The van der Waals surface area contributed by atoms with E-state index in [1.54, 1.807) is 25.2 Å². The van der Waals surface area contributed by atoms with E-state index in [1.165, 1.54) is 4.90 Å². The van der Waals surface area contributed by atoms with E-state index in [4.69, 9.17) is 4.74 Å². The molecule has 124 valence electrons. The molecule has 2 rings (SSSR count). The van der Waals surface area contributed by atoms with Crippen molar-refractivity contribution in [3.05, 3.63) is 23.8 Å². The van der Waals surface area contributed by atoms with E-state index in [0.717, 1.165) is 0 Å². The Hall–Kier alpha value is -2.37. The Morgan fingerprint density at radius 2 is 2.04 bits per heavy atom. The van der Waals surface area contributed by atoms with Gasteiger partial charge >= 0.3 is 0 Å². The first-order valence-electron chi connectivity index (χ1n) is 7.71. The first-order chi connectivity index (χ1) is 10.9. The summed E-state index contributed by atoms with van der Waals surface area (Å²) in [6.45, 7) is 4.64. The van der Waals surface area contributed by atoms with Gasteiger partial charge in [0, 0.05) is 32.0 Å². The summed E-state index contributed by atoms with van der Waals surface area (Å²) in [6, 6.07) is 4.99. The zero-order valence-corrected chi connectivity index (χ0v) is 13.7. The monoisotopic (exact) mass is 318 g/mol. The minimum atomic E-state index is -0.157. The highest BCUT2D eigenvalue weighted by Crippen LogP contribution is 2.32. The minimum absolute atomic E-state index is 0.00676. The summed E-state index contributed by atoms with van der Waals surface area (Å²) in [7, 11) is 1.65. The van der Waals surface area contributed by atoms with Gasteiger partial charge in [0.2, 0.25) is 5.91 Å². The number of fused-ring (bicyclic) bond motifs is 1. The normalized spacial score (nSPS) is 13.6. The van der Waals surface area contributed by atoms with Gasteiger partial charge in [0.15, 0.2) is 12.4 Å². The third kappa shape index (κ3) is 4.31. The molecule has 1 aliphatic heterocycles. The van der Waals surface area contributed by atoms with Gasteiger partial charge in [0.25, 0.3) is 5.91 Å². The second-order valence-corrected chi connectivity index (χ2v) is 6.05. The molecule has 0 saturated heterocycles. The van der Waals surface area contributed by atoms with Crippen molar-refractivity contribution in [3.63, 3.8) is 0 Å². The molecular weight excluding hydrogens is 296 g/mol. The first kappa shape index (κ1) is 17.0. The molecule has 1 heterocycles. The molecular formula is C17H22N2O4. The molecule has 0 bridgehead atoms. The van der Waals surface area contributed by atoms with E-state index in [1.807, 2.05) is 13.8 Å². The van der Waals surface area contributed by atoms with Crippen LogP contribution in [-0.4, -0.2) is 37.8 Å². The summed E-state index contributed by atoms with van der Waals surface area (Å²) in [5.74, 6) is 0.552. The number of Topliss-reactive ketones (excluding diaryl/α,β-unsaturated/α-hetero) is 1. The van der Waals surface area contributed by atoms with Gasteiger partial charge in [-0.3, -0.25) is 14.4 Å². The van der Waals surface area contributed by atoms with Gasteiger partial charge in [-0.05, 0) is 24.1 Å². The van der Waals surface area contributed by atoms with Crippen LogP contribution in [0.25, 0.3) is 0 Å². The second kappa shape index (κ2) is 7.26. The van der Waals surface area contributed by atoms with Crippen LogP contribution in [0, 0.1) is 5.92 Å². The van der Waals surface area contributed by atoms with Gasteiger partial charge in [-0.25, -0.2) is 0 Å². The zero-order valence-electron chi connectivity index (χ0n) is 13.7. The zero-order chi connectivity index (χ0) is 17.0. The lowest BCUT2D eigenvalue weighted by molar-refractivity contribution is -0.121. The van der Waals surface area contributed by atoms with Crippen molar-refractivity contribution in [1.29, 1.82) is 0 Å². The number of ketones is 1. The number of nitrogens with zero attached hydrogens (tertiary/aromatic N) is 1. The third-order valence-electron chi connectivity index (χ3n) is 3.65. The van der Waals surface area contributed by atoms with Crippen molar-refractivity contribution in [2.45, 2.75) is 26.7 Å². The molecule has 0 spiro atoms. The lowest BCUT2D eigenvalue weighted by Gasteiger charge is -2.26. The fraction of sp³-hybridized carbons (Fsp3) is 0.471. The molecule has 1 aliphatic rings. The van der Waals surface area contributed by atoms with Crippen LogP contribution >= 0.6 is 0 Å². The largest absolute Gasteiger partial charge is 0.482 e. The number of ether oxygens (including phenoxy) is 1. The van der Waals surface area contributed by atoms with Gasteiger partial charge in [-0.15, -0.1) is 0 Å². The van der Waals surface area contributed by atoms with E-state index in [-0.39, 0.29) is 37.0 Å². The quantitative estimate of drug-likeness (QED) is 0.811. The van der Waals surface area contributed by atoms with Crippen LogP contribution in [0.5, 0.6) is 5.75 Å². The van der Waals surface area contributed by atoms with Crippen LogP contribution in [0.1, 0.15) is 37.0 Å². The minimum Gasteiger partial charge on any atom is -0.482 e. The number of benzene rings is 1. The number of likely N-dealkylation sites (N-methyl/N-ethyl adjacent to an activating group) is 1. The van der Waals surface area contributed by atoms with Gasteiger partial charge in [-0.2, -0.15) is 0 Å². The molecule has 0 fully saturated rings. The van der Waals surface area contributed by atoms with Crippen LogP contribution < -0.4 is 15.0 Å². The molecule has 1 N–H and O–H groups in total. The van der Waals surface area contributed by atoms with E-state index >= 15 is 0 Å². The maximum atomic E-state index is 12.2. The molecule has 0 radical (unpaired) electrons. The third-order valence-corrected chi connectivity index (χ3v) is 3.65. The number of amides is 2. The fourth-order valence-electron chi connectivity index (χ4n) is 2.22. The Labute approximate surface area is 135 Å².